The van der Waals surface area contributed by atoms with Crippen molar-refractivity contribution in [3.8, 4) is 0 Å². The molecule has 80 valence electrons. The summed E-state index contributed by atoms with van der Waals surface area (Å²) in [5.74, 6) is 0. The zero-order valence-corrected chi connectivity index (χ0v) is 8.52. The molecule has 3 rings (SSSR count). The molecule has 4 heteroatoms. The van der Waals surface area contributed by atoms with Crippen molar-refractivity contribution >= 4 is 0 Å². The minimum absolute atomic E-state index is 0.549. The number of epoxide rings is 2. The van der Waals surface area contributed by atoms with E-state index in [4.69, 9.17) is 9.47 Å². The van der Waals surface area contributed by atoms with Crippen molar-refractivity contribution in [1.29, 1.82) is 0 Å². The maximum Gasteiger partial charge on any atom is 0.0936 e. The van der Waals surface area contributed by atoms with Crippen molar-refractivity contribution in [2.24, 2.45) is 0 Å². The summed E-state index contributed by atoms with van der Waals surface area (Å²) in [4.78, 5) is 5.03. The zero-order valence-electron chi connectivity index (χ0n) is 8.52. The highest BCUT2D eigenvalue weighted by molar-refractivity contribution is 4.81. The Kier molecular flexibility index (Phi) is 2.45. The average Bonchev–Trinajstić information content (AvgIpc) is 3.02. The highest BCUT2D eigenvalue weighted by Crippen LogP contribution is 2.15. The van der Waals surface area contributed by atoms with Crippen LogP contribution in [0.15, 0.2) is 0 Å². The van der Waals surface area contributed by atoms with E-state index in [0.717, 1.165) is 26.3 Å². The van der Waals surface area contributed by atoms with Crippen molar-refractivity contribution in [2.75, 3.05) is 52.5 Å². The molecule has 2 atom stereocenters. The molecule has 3 fully saturated rings. The minimum Gasteiger partial charge on any atom is -0.372 e. The van der Waals surface area contributed by atoms with Gasteiger partial charge in [-0.1, -0.05) is 0 Å². The third kappa shape index (κ3) is 2.45. The van der Waals surface area contributed by atoms with Crippen LogP contribution in [0.4, 0.5) is 0 Å². The van der Waals surface area contributed by atoms with Crippen molar-refractivity contribution in [2.45, 2.75) is 12.2 Å². The summed E-state index contributed by atoms with van der Waals surface area (Å²) in [7, 11) is 0. The fourth-order valence-corrected chi connectivity index (χ4v) is 2.08. The molecule has 0 bridgehead atoms. The van der Waals surface area contributed by atoms with Crippen LogP contribution >= 0.6 is 0 Å². The number of piperazine rings is 1. The first-order valence-electron chi connectivity index (χ1n) is 5.58. The molecule has 3 aliphatic rings. The standard InChI is InChI=1S/C10H18N2O2/c1-2-12(6-10-8-14-10)4-3-11(1)5-9-7-13-9/h9-10H,1-8H2/t9-,10+. The summed E-state index contributed by atoms with van der Waals surface area (Å²) in [5.41, 5.74) is 0. The Hall–Kier alpha value is -0.160. The van der Waals surface area contributed by atoms with Crippen LogP contribution in [-0.2, 0) is 9.47 Å². The number of hydrogen-bond acceptors (Lipinski definition) is 4. The predicted octanol–water partition coefficient (Wildman–Crippen LogP) is -0.598. The monoisotopic (exact) mass is 198 g/mol. The Labute approximate surface area is 84.8 Å². The van der Waals surface area contributed by atoms with E-state index >= 15 is 0 Å². The molecule has 0 saturated carbocycles. The van der Waals surface area contributed by atoms with E-state index < -0.39 is 0 Å². The Bertz CT molecular complexity index is 174. The molecule has 0 amide bonds. The van der Waals surface area contributed by atoms with Gasteiger partial charge in [0.25, 0.3) is 0 Å². The molecule has 3 heterocycles. The smallest absolute Gasteiger partial charge is 0.0936 e. The van der Waals surface area contributed by atoms with Crippen LogP contribution in [0.1, 0.15) is 0 Å². The van der Waals surface area contributed by atoms with Gasteiger partial charge in [0.05, 0.1) is 25.4 Å². The lowest BCUT2D eigenvalue weighted by Gasteiger charge is -2.34. The molecule has 3 aliphatic heterocycles. The third-order valence-electron chi connectivity index (χ3n) is 3.19. The predicted molar refractivity (Wildman–Crippen MR) is 52.4 cm³/mol. The SMILES string of the molecule is C1O[C@H]1CN1CCN(C[C@@H]2CO2)CC1. The van der Waals surface area contributed by atoms with E-state index in [1.165, 1.54) is 26.2 Å². The van der Waals surface area contributed by atoms with Crippen molar-refractivity contribution in [1.82, 2.24) is 9.80 Å². The fraction of sp³-hybridized carbons (Fsp3) is 1.00. The normalized spacial score (nSPS) is 38.6. The van der Waals surface area contributed by atoms with E-state index in [0.29, 0.717) is 12.2 Å². The maximum atomic E-state index is 5.24. The van der Waals surface area contributed by atoms with Crippen LogP contribution < -0.4 is 0 Å². The van der Waals surface area contributed by atoms with Crippen LogP contribution in [0, 0.1) is 0 Å². The Morgan fingerprint density at radius 1 is 0.786 bits per heavy atom. The number of ether oxygens (including phenoxy) is 2. The first-order chi connectivity index (χ1) is 6.90. The third-order valence-corrected chi connectivity index (χ3v) is 3.19. The second kappa shape index (κ2) is 3.77. The van der Waals surface area contributed by atoms with Gasteiger partial charge in [-0.15, -0.1) is 0 Å². The molecule has 0 unspecified atom stereocenters. The lowest BCUT2D eigenvalue weighted by molar-refractivity contribution is 0.118. The lowest BCUT2D eigenvalue weighted by atomic mass is 10.3. The minimum atomic E-state index is 0.549. The quantitative estimate of drug-likeness (QED) is 0.565. The number of nitrogens with zero attached hydrogens (tertiary/aromatic N) is 2. The average molecular weight is 198 g/mol. The van der Waals surface area contributed by atoms with Gasteiger partial charge in [-0.3, -0.25) is 9.80 Å². The molecular weight excluding hydrogens is 180 g/mol. The Morgan fingerprint density at radius 3 is 1.43 bits per heavy atom. The lowest BCUT2D eigenvalue weighted by Crippen LogP contribution is -2.48. The molecule has 0 N–H and O–H groups in total. The van der Waals surface area contributed by atoms with Gasteiger partial charge in [0.2, 0.25) is 0 Å². The summed E-state index contributed by atoms with van der Waals surface area (Å²) >= 11 is 0. The molecule has 0 radical (unpaired) electrons. The van der Waals surface area contributed by atoms with Crippen LogP contribution in [0.3, 0.4) is 0 Å². The Balaban J connectivity index is 1.37. The number of rotatable bonds is 4. The summed E-state index contributed by atoms with van der Waals surface area (Å²) in [6.45, 7) is 9.06. The number of hydrogen-bond donors (Lipinski definition) is 0. The summed E-state index contributed by atoms with van der Waals surface area (Å²) < 4.78 is 10.5. The highest BCUT2D eigenvalue weighted by atomic mass is 16.6. The molecule has 3 saturated heterocycles. The van der Waals surface area contributed by atoms with Crippen molar-refractivity contribution in [3.05, 3.63) is 0 Å². The summed E-state index contributed by atoms with van der Waals surface area (Å²) in [5, 5.41) is 0. The topological polar surface area (TPSA) is 31.5 Å². The second-order valence-electron chi connectivity index (χ2n) is 4.51. The van der Waals surface area contributed by atoms with Gasteiger partial charge in [-0.05, 0) is 0 Å². The fourth-order valence-electron chi connectivity index (χ4n) is 2.08. The molecule has 0 aromatic heterocycles. The van der Waals surface area contributed by atoms with Crippen LogP contribution in [0.5, 0.6) is 0 Å². The largest absolute Gasteiger partial charge is 0.372 e. The summed E-state index contributed by atoms with van der Waals surface area (Å²) in [6.07, 6.45) is 1.10. The van der Waals surface area contributed by atoms with Crippen molar-refractivity contribution in [3.63, 3.8) is 0 Å². The molecule has 0 aromatic carbocycles. The van der Waals surface area contributed by atoms with Gasteiger partial charge < -0.3 is 9.47 Å². The molecule has 0 spiro atoms. The molecule has 0 aromatic rings. The van der Waals surface area contributed by atoms with Gasteiger partial charge in [0, 0.05) is 39.3 Å². The van der Waals surface area contributed by atoms with E-state index in [2.05, 4.69) is 9.80 Å². The van der Waals surface area contributed by atoms with Gasteiger partial charge in [0.1, 0.15) is 0 Å². The van der Waals surface area contributed by atoms with E-state index in [1.54, 1.807) is 0 Å². The first-order valence-corrected chi connectivity index (χ1v) is 5.58. The molecule has 0 aliphatic carbocycles. The first kappa shape index (κ1) is 9.09. The molecule has 4 nitrogen and oxygen atoms in total. The molecule has 14 heavy (non-hydrogen) atoms. The second-order valence-corrected chi connectivity index (χ2v) is 4.51. The van der Waals surface area contributed by atoms with Gasteiger partial charge in [-0.2, -0.15) is 0 Å². The van der Waals surface area contributed by atoms with Gasteiger partial charge in [-0.25, -0.2) is 0 Å². The van der Waals surface area contributed by atoms with Crippen molar-refractivity contribution < 1.29 is 9.47 Å². The van der Waals surface area contributed by atoms with Gasteiger partial charge >= 0.3 is 0 Å². The van der Waals surface area contributed by atoms with Gasteiger partial charge in [0.15, 0.2) is 0 Å². The van der Waals surface area contributed by atoms with E-state index in [-0.39, 0.29) is 0 Å². The molecular formula is C10H18N2O2. The van der Waals surface area contributed by atoms with Crippen LogP contribution in [-0.4, -0.2) is 74.5 Å². The summed E-state index contributed by atoms with van der Waals surface area (Å²) in [6, 6.07) is 0. The van der Waals surface area contributed by atoms with Crippen LogP contribution in [0.25, 0.3) is 0 Å². The van der Waals surface area contributed by atoms with Crippen LogP contribution in [0.2, 0.25) is 0 Å². The van der Waals surface area contributed by atoms with E-state index in [9.17, 15) is 0 Å². The Morgan fingerprint density at radius 2 is 1.14 bits per heavy atom. The van der Waals surface area contributed by atoms with E-state index in [1.807, 2.05) is 0 Å². The highest BCUT2D eigenvalue weighted by Gasteiger charge is 2.30. The zero-order chi connectivity index (χ0) is 9.38. The maximum absolute atomic E-state index is 5.24.